The molecule has 3 heterocycles. The summed E-state index contributed by atoms with van der Waals surface area (Å²) in [5, 5.41) is 0.513. The van der Waals surface area contributed by atoms with E-state index >= 15 is 0 Å². The molecule has 11 heteroatoms. The van der Waals surface area contributed by atoms with Gasteiger partial charge in [0, 0.05) is 38.2 Å². The zero-order valence-corrected chi connectivity index (χ0v) is 23.7. The number of nitrogens with zero attached hydrogens (tertiary/aromatic N) is 4. The zero-order chi connectivity index (χ0) is 27.6. The van der Waals surface area contributed by atoms with Crippen molar-refractivity contribution in [1.29, 1.82) is 0 Å². The van der Waals surface area contributed by atoms with Crippen LogP contribution < -0.4 is 9.64 Å². The Bertz CT molecular complexity index is 1570. The molecule has 2 aromatic carbocycles. The summed E-state index contributed by atoms with van der Waals surface area (Å²) in [5.41, 5.74) is 2.91. The average molecular weight is 567 g/mol. The Hall–Kier alpha value is -3.38. The number of hydrogen-bond acceptors (Lipinski definition) is 8. The molecule has 1 unspecified atom stereocenters. The van der Waals surface area contributed by atoms with E-state index in [0.717, 1.165) is 28.7 Å². The smallest absolute Gasteiger partial charge is 0.260 e. The monoisotopic (exact) mass is 566 g/mol. The highest BCUT2D eigenvalue weighted by Crippen LogP contribution is 2.37. The fourth-order valence-corrected chi connectivity index (χ4v) is 6.81. The van der Waals surface area contributed by atoms with Crippen LogP contribution in [-0.2, 0) is 21.3 Å². The van der Waals surface area contributed by atoms with Crippen molar-refractivity contribution in [2.45, 2.75) is 37.3 Å². The number of thiazole rings is 1. The van der Waals surface area contributed by atoms with Gasteiger partial charge in [0.2, 0.25) is 10.0 Å². The van der Waals surface area contributed by atoms with Gasteiger partial charge in [0.1, 0.15) is 11.3 Å². The largest absolute Gasteiger partial charge is 0.494 e. The Balaban J connectivity index is 1.46. The van der Waals surface area contributed by atoms with E-state index in [1.54, 1.807) is 43.6 Å². The highest BCUT2D eigenvalue weighted by molar-refractivity contribution is 7.89. The maximum Gasteiger partial charge on any atom is 0.260 e. The number of amides is 1. The molecule has 5 rings (SSSR count). The van der Waals surface area contributed by atoms with Crippen LogP contribution in [0.5, 0.6) is 5.75 Å². The van der Waals surface area contributed by atoms with Gasteiger partial charge in [-0.15, -0.1) is 0 Å². The summed E-state index contributed by atoms with van der Waals surface area (Å²) in [6.45, 7) is 3.19. The van der Waals surface area contributed by atoms with Gasteiger partial charge in [-0.1, -0.05) is 23.5 Å². The second kappa shape index (κ2) is 11.4. The van der Waals surface area contributed by atoms with Gasteiger partial charge in [0.05, 0.1) is 29.4 Å². The van der Waals surface area contributed by atoms with Crippen molar-refractivity contribution in [3.63, 3.8) is 0 Å². The number of aryl methyl sites for hydroxylation is 1. The number of anilines is 1. The number of benzene rings is 2. The normalized spacial score (nSPS) is 15.6. The van der Waals surface area contributed by atoms with Crippen LogP contribution >= 0.6 is 11.3 Å². The van der Waals surface area contributed by atoms with Crippen LogP contribution in [0, 0.1) is 6.92 Å². The van der Waals surface area contributed by atoms with Crippen LogP contribution in [0.15, 0.2) is 65.8 Å². The number of likely N-dealkylation sites (N-methyl/N-ethyl adjacent to an activating group) is 1. The number of sulfonamides is 1. The number of rotatable bonds is 9. The van der Waals surface area contributed by atoms with Crippen LogP contribution in [0.25, 0.3) is 10.2 Å². The van der Waals surface area contributed by atoms with Gasteiger partial charge in [0.15, 0.2) is 5.13 Å². The molecule has 9 nitrogen and oxygen atoms in total. The van der Waals surface area contributed by atoms with Gasteiger partial charge < -0.3 is 9.47 Å². The Labute approximate surface area is 232 Å². The molecule has 1 aliphatic rings. The van der Waals surface area contributed by atoms with Crippen molar-refractivity contribution < 1.29 is 22.7 Å². The van der Waals surface area contributed by atoms with Crippen molar-refractivity contribution in [2.75, 3.05) is 32.2 Å². The first-order valence-electron chi connectivity index (χ1n) is 12.6. The number of aromatic nitrogens is 2. The van der Waals surface area contributed by atoms with E-state index in [2.05, 4.69) is 4.98 Å². The number of methoxy groups -OCH3 is 1. The maximum atomic E-state index is 13.9. The van der Waals surface area contributed by atoms with Gasteiger partial charge in [-0.3, -0.25) is 14.7 Å². The lowest BCUT2D eigenvalue weighted by Crippen LogP contribution is -2.34. The van der Waals surface area contributed by atoms with Crippen molar-refractivity contribution in [3.8, 4) is 5.75 Å². The Kier molecular flexibility index (Phi) is 7.94. The third-order valence-electron chi connectivity index (χ3n) is 6.75. The van der Waals surface area contributed by atoms with E-state index in [0.29, 0.717) is 35.1 Å². The van der Waals surface area contributed by atoms with Gasteiger partial charge in [0.25, 0.3) is 5.91 Å². The van der Waals surface area contributed by atoms with Gasteiger partial charge in [-0.25, -0.2) is 13.4 Å². The molecule has 0 aliphatic carbocycles. The molecule has 39 heavy (non-hydrogen) atoms. The molecule has 204 valence electrons. The minimum atomic E-state index is -3.72. The molecule has 0 N–H and O–H groups in total. The van der Waals surface area contributed by atoms with Crippen LogP contribution in [0.3, 0.4) is 0 Å². The fraction of sp³-hybridized carbons (Fsp3) is 0.321. The van der Waals surface area contributed by atoms with E-state index in [-0.39, 0.29) is 23.5 Å². The van der Waals surface area contributed by atoms with Crippen molar-refractivity contribution in [3.05, 3.63) is 77.6 Å². The summed E-state index contributed by atoms with van der Waals surface area (Å²) in [7, 11) is -0.580. The van der Waals surface area contributed by atoms with Gasteiger partial charge >= 0.3 is 0 Å². The Morgan fingerprint density at radius 3 is 2.64 bits per heavy atom. The zero-order valence-electron chi connectivity index (χ0n) is 22.0. The predicted octanol–water partition coefficient (Wildman–Crippen LogP) is 4.65. The molecule has 1 atom stereocenters. The quantitative estimate of drug-likeness (QED) is 0.291. The number of carbonyl (C=O) groups excluding carboxylic acids is 1. The third kappa shape index (κ3) is 5.67. The molecule has 0 saturated carbocycles. The molecule has 1 aliphatic heterocycles. The highest BCUT2D eigenvalue weighted by Gasteiger charge is 2.28. The van der Waals surface area contributed by atoms with Crippen LogP contribution in [0.4, 0.5) is 5.13 Å². The molecule has 0 radical (unpaired) electrons. The number of carbonyl (C=O) groups is 1. The third-order valence-corrected chi connectivity index (χ3v) is 9.80. The number of fused-ring (bicyclic) bond motifs is 1. The SMILES string of the molecule is COc1ccc(C)c2sc(N(Cc3cccnc3)C(=O)c3ccc(S(=O)(=O)N(C)CC4CCCO4)cc3)nc12. The van der Waals surface area contributed by atoms with Crippen molar-refractivity contribution in [1.82, 2.24) is 14.3 Å². The van der Waals surface area contributed by atoms with Gasteiger partial charge in [-0.2, -0.15) is 4.31 Å². The van der Waals surface area contributed by atoms with E-state index < -0.39 is 10.0 Å². The van der Waals surface area contributed by atoms with Gasteiger partial charge in [-0.05, 0) is 67.3 Å². The molecular weight excluding hydrogens is 536 g/mol. The summed E-state index contributed by atoms with van der Waals surface area (Å²) in [6.07, 6.45) is 5.07. The standard InChI is InChI=1S/C28H30N4O5S2/c1-19-8-13-24(36-3)25-26(19)38-28(30-25)32(17-20-6-4-14-29-16-20)27(33)21-9-11-23(12-10-21)39(34,35)31(2)18-22-7-5-15-37-22/h4,6,8-14,16,22H,5,7,15,17-18H2,1-3H3. The summed E-state index contributed by atoms with van der Waals surface area (Å²) in [5.74, 6) is 0.333. The first-order valence-corrected chi connectivity index (χ1v) is 14.9. The molecule has 0 spiro atoms. The molecule has 0 bridgehead atoms. The lowest BCUT2D eigenvalue weighted by molar-refractivity contribution is 0.0978. The second-order valence-electron chi connectivity index (χ2n) is 9.46. The average Bonchev–Trinajstić information content (AvgIpc) is 3.63. The molecule has 2 aromatic heterocycles. The minimum Gasteiger partial charge on any atom is -0.494 e. The van der Waals surface area contributed by atoms with E-state index in [1.165, 1.54) is 27.8 Å². The van der Waals surface area contributed by atoms with Crippen LogP contribution in [0.1, 0.15) is 34.3 Å². The minimum absolute atomic E-state index is 0.0947. The molecular formula is C28H30N4O5S2. The molecule has 4 aromatic rings. The van der Waals surface area contributed by atoms with Crippen molar-refractivity contribution in [2.24, 2.45) is 0 Å². The summed E-state index contributed by atoms with van der Waals surface area (Å²) < 4.78 is 39.6. The number of hydrogen-bond donors (Lipinski definition) is 0. The number of ether oxygens (including phenoxy) is 2. The number of pyridine rings is 1. The lowest BCUT2D eigenvalue weighted by atomic mass is 10.2. The topological polar surface area (TPSA) is 102 Å². The Morgan fingerprint density at radius 2 is 1.97 bits per heavy atom. The van der Waals surface area contributed by atoms with E-state index in [1.807, 2.05) is 31.2 Å². The molecule has 1 amide bonds. The molecule has 1 fully saturated rings. The first kappa shape index (κ1) is 27.2. The predicted molar refractivity (Wildman–Crippen MR) is 151 cm³/mol. The molecule has 1 saturated heterocycles. The summed E-state index contributed by atoms with van der Waals surface area (Å²) >= 11 is 1.41. The van der Waals surface area contributed by atoms with Crippen LogP contribution in [0.2, 0.25) is 0 Å². The lowest BCUT2D eigenvalue weighted by Gasteiger charge is -2.21. The fourth-order valence-electron chi connectivity index (χ4n) is 4.56. The summed E-state index contributed by atoms with van der Waals surface area (Å²) in [4.78, 5) is 24.5. The van der Waals surface area contributed by atoms with Crippen molar-refractivity contribution >= 4 is 42.6 Å². The summed E-state index contributed by atoms with van der Waals surface area (Å²) in [6, 6.07) is 13.6. The van der Waals surface area contributed by atoms with Crippen LogP contribution in [-0.4, -0.2) is 62.0 Å². The Morgan fingerprint density at radius 1 is 1.18 bits per heavy atom. The van der Waals surface area contributed by atoms with E-state index in [4.69, 9.17) is 14.5 Å². The first-order chi connectivity index (χ1) is 18.8. The maximum absolute atomic E-state index is 13.9. The highest BCUT2D eigenvalue weighted by atomic mass is 32.2. The second-order valence-corrected chi connectivity index (χ2v) is 12.5. The van der Waals surface area contributed by atoms with E-state index in [9.17, 15) is 13.2 Å².